The number of para-hydroxylation sites is 6. The topological polar surface area (TPSA) is 111 Å². The molecule has 0 aliphatic rings. The fraction of sp³-hybridized carbons (Fsp3) is 0.0412. The van der Waals surface area contributed by atoms with Crippen molar-refractivity contribution in [2.24, 2.45) is 0 Å². The summed E-state index contributed by atoms with van der Waals surface area (Å²) in [4.78, 5) is 13.1. The van der Waals surface area contributed by atoms with Crippen LogP contribution in [0.4, 0.5) is 0 Å². The van der Waals surface area contributed by atoms with E-state index in [-0.39, 0.29) is 0 Å². The number of benzene rings is 13. The van der Waals surface area contributed by atoms with Crippen molar-refractivity contribution in [1.82, 2.24) is 33.2 Å². The molecule has 0 bridgehead atoms. The van der Waals surface area contributed by atoms with Gasteiger partial charge in [-0.15, -0.1) is 0 Å². The molecular formula is C97H65N7O4. The van der Waals surface area contributed by atoms with Crippen molar-refractivity contribution < 1.29 is 17.7 Å². The van der Waals surface area contributed by atoms with Crippen LogP contribution in [0.5, 0.6) is 0 Å². The molecule has 0 atom stereocenters. The third-order valence-corrected chi connectivity index (χ3v) is 21.4. The maximum atomic E-state index is 6.01. The molecule has 11 nitrogen and oxygen atoms in total. The summed E-state index contributed by atoms with van der Waals surface area (Å²) in [7, 11) is 0. The molecule has 0 fully saturated rings. The van der Waals surface area contributed by atoms with Crippen molar-refractivity contribution in [3.63, 3.8) is 0 Å². The van der Waals surface area contributed by atoms with E-state index in [4.69, 9.17) is 17.7 Å². The first-order valence-electron chi connectivity index (χ1n) is 36.4. The Morgan fingerprint density at radius 3 is 0.991 bits per heavy atom. The van der Waals surface area contributed by atoms with Gasteiger partial charge >= 0.3 is 0 Å². The van der Waals surface area contributed by atoms with Crippen LogP contribution in [-0.2, 0) is 0 Å². The molecule has 0 unspecified atom stereocenters. The molecule has 24 rings (SSSR count). The Morgan fingerprint density at radius 2 is 0.528 bits per heavy atom. The molecule has 13 aromatic carbocycles. The quantitative estimate of drug-likeness (QED) is 0.173. The van der Waals surface area contributed by atoms with E-state index in [2.05, 4.69) is 310 Å². The molecule has 11 heterocycles. The predicted octanol–water partition coefficient (Wildman–Crippen LogP) is 26.2. The largest absolute Gasteiger partial charge is 0.456 e. The first-order valence-corrected chi connectivity index (χ1v) is 36.4. The second kappa shape index (κ2) is 24.7. The zero-order chi connectivity index (χ0) is 71.8. The minimum Gasteiger partial charge on any atom is -0.456 e. The van der Waals surface area contributed by atoms with Gasteiger partial charge in [-0.1, -0.05) is 156 Å². The van der Waals surface area contributed by atoms with Crippen LogP contribution in [0.1, 0.15) is 22.3 Å². The maximum Gasteiger partial charge on any atom is 0.227 e. The van der Waals surface area contributed by atoms with Crippen LogP contribution < -0.4 is 0 Å². The molecule has 0 radical (unpaired) electrons. The van der Waals surface area contributed by atoms with Crippen molar-refractivity contribution in [2.75, 3.05) is 0 Å². The number of hydrogen-bond donors (Lipinski definition) is 0. The summed E-state index contributed by atoms with van der Waals surface area (Å²) in [5, 5.41) is 19.0. The lowest BCUT2D eigenvalue weighted by Crippen LogP contribution is -1.94. The van der Waals surface area contributed by atoms with Gasteiger partial charge in [-0.2, -0.15) is 0 Å². The van der Waals surface area contributed by atoms with Crippen molar-refractivity contribution >= 4 is 175 Å². The van der Waals surface area contributed by atoms with Gasteiger partial charge in [0.1, 0.15) is 27.9 Å². The minimum atomic E-state index is 0.677. The Balaban J connectivity index is 0.0000000919. The predicted molar refractivity (Wildman–Crippen MR) is 445 cm³/mol. The number of rotatable bonds is 4. The lowest BCUT2D eigenvalue weighted by Gasteiger charge is -2.08. The molecule has 0 saturated carbocycles. The van der Waals surface area contributed by atoms with Crippen molar-refractivity contribution in [3.05, 3.63) is 344 Å². The fourth-order valence-corrected chi connectivity index (χ4v) is 16.5. The van der Waals surface area contributed by atoms with Crippen LogP contribution >= 0.6 is 0 Å². The lowest BCUT2D eigenvalue weighted by atomic mass is 10.1. The number of fused-ring (bicyclic) bond motifs is 24. The SMILES string of the molecule is Cc1ccc2c(c1)c1ccccc1n2-c1ccc2oc3ccccc3c2c1.Cc1ccc2c(c1)c1ccccc1n2-c1ccc2oc3cnccc3c2c1.Cc1ccc2c(c1)c1ccccc1n2-c1ccc2oc3ncccc3c2c1.Cc1ccc2c(c1)c1ccccc1n2-c1cnc2oc3ccccc3c2c1. The molecule has 512 valence electrons. The molecule has 0 spiro atoms. The van der Waals surface area contributed by atoms with E-state index >= 15 is 0 Å². The zero-order valence-electron chi connectivity index (χ0n) is 59.4. The average molecular weight is 1390 g/mol. The van der Waals surface area contributed by atoms with E-state index < -0.39 is 0 Å². The molecular weight excluding hydrogens is 1330 g/mol. The van der Waals surface area contributed by atoms with Crippen LogP contribution in [0.25, 0.3) is 198 Å². The Bertz CT molecular complexity index is 6860. The Kier molecular flexibility index (Phi) is 14.2. The summed E-state index contributed by atoms with van der Waals surface area (Å²) in [6.45, 7) is 8.57. The highest BCUT2D eigenvalue weighted by molar-refractivity contribution is 6.15. The summed E-state index contributed by atoms with van der Waals surface area (Å²) in [5.41, 5.74) is 25.9. The summed E-state index contributed by atoms with van der Waals surface area (Å²) >= 11 is 0. The third kappa shape index (κ3) is 10.1. The van der Waals surface area contributed by atoms with Crippen molar-refractivity contribution in [3.8, 4) is 22.7 Å². The van der Waals surface area contributed by atoms with Gasteiger partial charge in [-0.3, -0.25) is 4.98 Å². The summed E-state index contributed by atoms with van der Waals surface area (Å²) in [5.74, 6) is 0. The number of furan rings is 4. The standard InChI is InChI=1S/C25H17NO.3C24H16N2O/c1-16-10-12-23-20(14-16)18-6-2-4-8-22(18)26(23)17-11-13-25-21(15-17)19-7-3-5-9-24(19)27-25;1-15-10-11-22-19(12-15)17-6-2-4-8-21(17)26(22)16-13-20-18-7-3-5-9-23(18)27-24(20)25-14-16;1-15-8-10-22-19(13-15)17-5-2-3-7-21(17)26(22)16-9-11-23-20(14-16)18-6-4-12-25-24(18)27-23;1-15-6-8-22-19(12-15)17-4-2-3-5-21(17)26(22)16-7-9-23-20(13-16)18-10-11-25-14-24(18)27-23/h2-15H,1H3;3*2-14H,1H3. The number of aryl methyl sites for hydroxylation is 4. The fourth-order valence-electron chi connectivity index (χ4n) is 16.5. The lowest BCUT2D eigenvalue weighted by molar-refractivity contribution is 0.653. The van der Waals surface area contributed by atoms with Gasteiger partial charge in [0, 0.05) is 110 Å². The van der Waals surface area contributed by atoms with Crippen LogP contribution in [0.15, 0.2) is 340 Å². The van der Waals surface area contributed by atoms with Gasteiger partial charge in [0.05, 0.1) is 67.6 Å². The average Bonchev–Trinajstić information content (AvgIpc) is 1.60. The molecule has 0 saturated heterocycles. The Labute approximate surface area is 617 Å². The minimum absolute atomic E-state index is 0.677. The van der Waals surface area contributed by atoms with E-state index in [9.17, 15) is 0 Å². The number of aromatic nitrogens is 7. The van der Waals surface area contributed by atoms with Gasteiger partial charge in [0.2, 0.25) is 11.4 Å². The highest BCUT2D eigenvalue weighted by atomic mass is 16.3. The van der Waals surface area contributed by atoms with E-state index in [1.807, 2.05) is 60.9 Å². The smallest absolute Gasteiger partial charge is 0.227 e. The van der Waals surface area contributed by atoms with Gasteiger partial charge in [-0.25, -0.2) is 9.97 Å². The van der Waals surface area contributed by atoms with Crippen molar-refractivity contribution in [2.45, 2.75) is 27.7 Å². The van der Waals surface area contributed by atoms with E-state index in [0.29, 0.717) is 11.4 Å². The molecule has 11 heteroatoms. The summed E-state index contributed by atoms with van der Waals surface area (Å²) in [6, 6.07) is 105. The highest BCUT2D eigenvalue weighted by Crippen LogP contribution is 2.42. The van der Waals surface area contributed by atoms with Gasteiger partial charge < -0.3 is 35.9 Å². The van der Waals surface area contributed by atoms with E-state index in [1.165, 1.54) is 109 Å². The number of nitrogens with zero attached hydrogens (tertiary/aromatic N) is 7. The third-order valence-electron chi connectivity index (χ3n) is 21.4. The Hall–Kier alpha value is -14.3. The molecule has 0 N–H and O–H groups in total. The molecule has 0 aliphatic carbocycles. The van der Waals surface area contributed by atoms with Crippen LogP contribution in [0.3, 0.4) is 0 Å². The first-order chi connectivity index (χ1) is 53.2. The van der Waals surface area contributed by atoms with Crippen LogP contribution in [0.2, 0.25) is 0 Å². The van der Waals surface area contributed by atoms with Gasteiger partial charge in [0.15, 0.2) is 5.58 Å². The first kappa shape index (κ1) is 62.3. The second-order valence-corrected chi connectivity index (χ2v) is 28.2. The summed E-state index contributed by atoms with van der Waals surface area (Å²) < 4.78 is 33.1. The molecule has 0 amide bonds. The number of pyridine rings is 3. The normalized spacial score (nSPS) is 11.9. The molecule has 0 aliphatic heterocycles. The zero-order valence-corrected chi connectivity index (χ0v) is 59.4. The summed E-state index contributed by atoms with van der Waals surface area (Å²) in [6.07, 6.45) is 7.25. The molecule has 11 aromatic heterocycles. The molecule has 24 aromatic rings. The monoisotopic (exact) mass is 1390 g/mol. The van der Waals surface area contributed by atoms with Crippen LogP contribution in [0, 0.1) is 27.7 Å². The highest BCUT2D eigenvalue weighted by Gasteiger charge is 2.21. The molecule has 108 heavy (non-hydrogen) atoms. The number of hydrogen-bond acceptors (Lipinski definition) is 7. The Morgan fingerprint density at radius 1 is 0.204 bits per heavy atom. The van der Waals surface area contributed by atoms with E-state index in [0.717, 1.165) is 99.3 Å². The maximum absolute atomic E-state index is 6.01. The van der Waals surface area contributed by atoms with Crippen molar-refractivity contribution in [1.29, 1.82) is 0 Å². The second-order valence-electron chi connectivity index (χ2n) is 28.2. The van der Waals surface area contributed by atoms with Gasteiger partial charge in [0.25, 0.3) is 0 Å². The van der Waals surface area contributed by atoms with Crippen LogP contribution in [-0.4, -0.2) is 33.2 Å². The van der Waals surface area contributed by atoms with Gasteiger partial charge in [-0.05, 0) is 191 Å². The van der Waals surface area contributed by atoms with E-state index in [1.54, 1.807) is 12.4 Å².